The van der Waals surface area contributed by atoms with Gasteiger partial charge < -0.3 is 10.5 Å². The number of nitrogens with zero attached hydrogens (tertiary/aromatic N) is 1. The molecule has 0 radical (unpaired) electrons. The van der Waals surface area contributed by atoms with E-state index in [1.807, 2.05) is 5.48 Å². The standard InChI is InChI=1S/C6H8BrN3O2/c1-12-6-3(7)2-4(10-11)5(8)9-6/h2,10-11H,1H3,(H2,8,9). The summed E-state index contributed by atoms with van der Waals surface area (Å²) < 4.78 is 5.50. The number of ether oxygens (including phenoxy) is 1. The van der Waals surface area contributed by atoms with Crippen LogP contribution in [-0.2, 0) is 0 Å². The highest BCUT2D eigenvalue weighted by molar-refractivity contribution is 9.10. The SMILES string of the molecule is COc1nc(N)c(NO)cc1Br. The van der Waals surface area contributed by atoms with Crippen LogP contribution in [0.1, 0.15) is 0 Å². The lowest BCUT2D eigenvalue weighted by molar-refractivity contribution is 0.385. The molecule has 0 bridgehead atoms. The largest absolute Gasteiger partial charge is 0.480 e. The molecule has 0 aliphatic rings. The average Bonchev–Trinajstić information content (AvgIpc) is 2.08. The minimum Gasteiger partial charge on any atom is -0.480 e. The summed E-state index contributed by atoms with van der Waals surface area (Å²) >= 11 is 3.19. The van der Waals surface area contributed by atoms with E-state index in [4.69, 9.17) is 15.7 Å². The van der Waals surface area contributed by atoms with E-state index in [0.717, 1.165) is 0 Å². The van der Waals surface area contributed by atoms with Gasteiger partial charge in [0.25, 0.3) is 0 Å². The van der Waals surface area contributed by atoms with Crippen molar-refractivity contribution in [3.05, 3.63) is 10.5 Å². The van der Waals surface area contributed by atoms with Crippen molar-refractivity contribution in [3.8, 4) is 5.88 Å². The van der Waals surface area contributed by atoms with Crippen molar-refractivity contribution in [1.29, 1.82) is 0 Å². The molecule has 4 N–H and O–H groups in total. The summed E-state index contributed by atoms with van der Waals surface area (Å²) in [6.45, 7) is 0. The highest BCUT2D eigenvalue weighted by atomic mass is 79.9. The summed E-state index contributed by atoms with van der Waals surface area (Å²) in [5.41, 5.74) is 7.69. The van der Waals surface area contributed by atoms with Gasteiger partial charge in [0.1, 0.15) is 5.69 Å². The fourth-order valence-electron chi connectivity index (χ4n) is 0.718. The smallest absolute Gasteiger partial charge is 0.229 e. The number of hydrogen-bond acceptors (Lipinski definition) is 5. The molecule has 0 amide bonds. The van der Waals surface area contributed by atoms with E-state index in [2.05, 4.69) is 20.9 Å². The lowest BCUT2D eigenvalue weighted by atomic mass is 10.4. The number of nitrogens with two attached hydrogens (primary N) is 1. The Morgan fingerprint density at radius 2 is 2.42 bits per heavy atom. The number of anilines is 2. The Balaban J connectivity index is 3.16. The predicted molar refractivity (Wildman–Crippen MR) is 48.3 cm³/mol. The van der Waals surface area contributed by atoms with Gasteiger partial charge in [-0.1, -0.05) is 0 Å². The molecule has 0 atom stereocenters. The minimum atomic E-state index is 0.178. The third-order valence-corrected chi connectivity index (χ3v) is 1.86. The highest BCUT2D eigenvalue weighted by Crippen LogP contribution is 2.28. The third kappa shape index (κ3) is 1.59. The molecule has 66 valence electrons. The Bertz CT molecular complexity index is 263. The van der Waals surface area contributed by atoms with Crippen LogP contribution in [0.2, 0.25) is 0 Å². The van der Waals surface area contributed by atoms with Crippen LogP contribution >= 0.6 is 15.9 Å². The number of aromatic nitrogens is 1. The Kier molecular flexibility index (Phi) is 2.72. The van der Waals surface area contributed by atoms with Gasteiger partial charge in [0.05, 0.1) is 11.6 Å². The summed E-state index contributed by atoms with van der Waals surface area (Å²) in [5.74, 6) is 0.559. The molecule has 0 spiro atoms. The number of nitrogen functional groups attached to an aromatic ring is 1. The molecule has 1 aromatic heterocycles. The van der Waals surface area contributed by atoms with Crippen LogP contribution in [0.15, 0.2) is 10.5 Å². The molecule has 0 aliphatic heterocycles. The lowest BCUT2D eigenvalue weighted by Crippen LogP contribution is -2.01. The number of halogens is 1. The molecular weight excluding hydrogens is 226 g/mol. The number of nitrogens with one attached hydrogen (secondary N) is 1. The molecule has 0 aliphatic carbocycles. The van der Waals surface area contributed by atoms with Crippen molar-refractivity contribution in [2.75, 3.05) is 18.3 Å². The van der Waals surface area contributed by atoms with Crippen LogP contribution in [0.25, 0.3) is 0 Å². The summed E-state index contributed by atoms with van der Waals surface area (Å²) in [5, 5.41) is 8.57. The number of pyridine rings is 1. The van der Waals surface area contributed by atoms with E-state index in [1.54, 1.807) is 6.07 Å². The van der Waals surface area contributed by atoms with E-state index in [-0.39, 0.29) is 5.82 Å². The number of methoxy groups -OCH3 is 1. The highest BCUT2D eigenvalue weighted by Gasteiger charge is 2.06. The summed E-state index contributed by atoms with van der Waals surface area (Å²) in [6, 6.07) is 1.57. The van der Waals surface area contributed by atoms with Gasteiger partial charge in [-0.2, -0.15) is 4.98 Å². The van der Waals surface area contributed by atoms with Gasteiger partial charge in [-0.05, 0) is 22.0 Å². The summed E-state index contributed by atoms with van der Waals surface area (Å²) in [6.07, 6.45) is 0. The van der Waals surface area contributed by atoms with Gasteiger partial charge in [0.2, 0.25) is 5.88 Å². The first-order valence-electron chi connectivity index (χ1n) is 3.09. The van der Waals surface area contributed by atoms with Gasteiger partial charge in [-0.25, -0.2) is 0 Å². The van der Waals surface area contributed by atoms with E-state index in [0.29, 0.717) is 16.0 Å². The maximum Gasteiger partial charge on any atom is 0.229 e. The van der Waals surface area contributed by atoms with Gasteiger partial charge in [-0.15, -0.1) is 0 Å². The quantitative estimate of drug-likeness (QED) is 0.670. The zero-order valence-electron chi connectivity index (χ0n) is 6.34. The fraction of sp³-hybridized carbons (Fsp3) is 0.167. The Morgan fingerprint density at radius 3 is 2.92 bits per heavy atom. The second-order valence-corrected chi connectivity index (χ2v) is 2.88. The molecule has 0 saturated carbocycles. The Morgan fingerprint density at radius 1 is 1.75 bits per heavy atom. The monoisotopic (exact) mass is 233 g/mol. The maximum absolute atomic E-state index is 8.57. The molecule has 1 heterocycles. The average molecular weight is 234 g/mol. The predicted octanol–water partition coefficient (Wildman–Crippen LogP) is 1.24. The first-order valence-corrected chi connectivity index (χ1v) is 3.88. The van der Waals surface area contributed by atoms with Crippen LogP contribution < -0.4 is 16.0 Å². The minimum absolute atomic E-state index is 0.178. The first kappa shape index (κ1) is 9.08. The lowest BCUT2D eigenvalue weighted by Gasteiger charge is -2.06. The Labute approximate surface area is 77.6 Å². The van der Waals surface area contributed by atoms with Gasteiger partial charge in [0.15, 0.2) is 5.82 Å². The fourth-order valence-corrected chi connectivity index (χ4v) is 1.20. The Hall–Kier alpha value is -1.01. The molecule has 0 aromatic carbocycles. The molecule has 0 unspecified atom stereocenters. The topological polar surface area (TPSA) is 80.4 Å². The van der Waals surface area contributed by atoms with Crippen LogP contribution in [0.3, 0.4) is 0 Å². The summed E-state index contributed by atoms with van der Waals surface area (Å²) in [4.78, 5) is 3.85. The van der Waals surface area contributed by atoms with Crippen LogP contribution in [0, 0.1) is 0 Å². The van der Waals surface area contributed by atoms with Crippen molar-refractivity contribution in [2.45, 2.75) is 0 Å². The van der Waals surface area contributed by atoms with Crippen molar-refractivity contribution in [2.24, 2.45) is 0 Å². The van der Waals surface area contributed by atoms with Crippen molar-refractivity contribution in [3.63, 3.8) is 0 Å². The number of rotatable bonds is 2. The molecule has 1 rings (SSSR count). The number of hydrogen-bond donors (Lipinski definition) is 3. The van der Waals surface area contributed by atoms with Crippen LogP contribution in [0.5, 0.6) is 5.88 Å². The molecule has 5 nitrogen and oxygen atoms in total. The second-order valence-electron chi connectivity index (χ2n) is 2.02. The normalized spacial score (nSPS) is 9.58. The molecular formula is C6H8BrN3O2. The van der Waals surface area contributed by atoms with Crippen LogP contribution in [0.4, 0.5) is 11.5 Å². The molecule has 6 heteroatoms. The zero-order chi connectivity index (χ0) is 9.14. The first-order chi connectivity index (χ1) is 5.69. The summed E-state index contributed by atoms with van der Waals surface area (Å²) in [7, 11) is 1.48. The van der Waals surface area contributed by atoms with Crippen molar-refractivity contribution in [1.82, 2.24) is 4.98 Å². The van der Waals surface area contributed by atoms with E-state index < -0.39 is 0 Å². The van der Waals surface area contributed by atoms with E-state index in [1.165, 1.54) is 7.11 Å². The van der Waals surface area contributed by atoms with Crippen molar-refractivity contribution < 1.29 is 9.94 Å². The van der Waals surface area contributed by atoms with Crippen molar-refractivity contribution >= 4 is 27.4 Å². The van der Waals surface area contributed by atoms with Gasteiger partial charge in [-0.3, -0.25) is 10.7 Å². The van der Waals surface area contributed by atoms with Gasteiger partial charge >= 0.3 is 0 Å². The maximum atomic E-state index is 8.57. The molecule has 1 aromatic rings. The molecule has 0 saturated heterocycles. The van der Waals surface area contributed by atoms with Crippen LogP contribution in [-0.4, -0.2) is 17.3 Å². The molecule has 12 heavy (non-hydrogen) atoms. The van der Waals surface area contributed by atoms with E-state index in [9.17, 15) is 0 Å². The second kappa shape index (κ2) is 3.59. The van der Waals surface area contributed by atoms with E-state index >= 15 is 0 Å². The third-order valence-electron chi connectivity index (χ3n) is 1.29. The van der Waals surface area contributed by atoms with Gasteiger partial charge in [0, 0.05) is 0 Å². The molecule has 0 fully saturated rings. The zero-order valence-corrected chi connectivity index (χ0v) is 7.92.